The quantitative estimate of drug-likeness (QED) is 0.741. The topological polar surface area (TPSA) is 64.2 Å². The third-order valence-electron chi connectivity index (χ3n) is 2.06. The van der Waals surface area contributed by atoms with Gasteiger partial charge in [-0.1, -0.05) is 12.1 Å². The highest BCUT2D eigenvalue weighted by molar-refractivity contribution is 5.31. The molecule has 1 unspecified atom stereocenters. The summed E-state index contributed by atoms with van der Waals surface area (Å²) in [6.45, 7) is -0.198. The Labute approximate surface area is 83.2 Å². The lowest BCUT2D eigenvalue weighted by molar-refractivity contribution is 0.0886. The van der Waals surface area contributed by atoms with E-state index in [2.05, 4.69) is 0 Å². The summed E-state index contributed by atoms with van der Waals surface area (Å²) in [6.07, 6.45) is 0.612. The molecular weight excluding hydrogens is 178 g/mol. The first-order chi connectivity index (χ1) is 6.76. The summed E-state index contributed by atoms with van der Waals surface area (Å²) in [5.74, 6) is 0. The van der Waals surface area contributed by atoms with E-state index in [0.717, 1.165) is 5.56 Å². The second kappa shape index (κ2) is 5.38. The molecule has 0 heterocycles. The van der Waals surface area contributed by atoms with Gasteiger partial charge in [0.2, 0.25) is 0 Å². The molecule has 0 fully saturated rings. The fraction of sp³-hybridized carbons (Fsp3) is 0.364. The van der Waals surface area contributed by atoms with Crippen LogP contribution >= 0.6 is 0 Å². The van der Waals surface area contributed by atoms with Crippen LogP contribution in [-0.4, -0.2) is 22.9 Å². The van der Waals surface area contributed by atoms with Crippen LogP contribution in [0.15, 0.2) is 24.3 Å². The number of aliphatic hydroxyl groups excluding tert-OH is 2. The van der Waals surface area contributed by atoms with Gasteiger partial charge in [0.15, 0.2) is 0 Å². The molecule has 0 aromatic heterocycles. The molecule has 1 atom stereocenters. The van der Waals surface area contributed by atoms with E-state index in [4.69, 9.17) is 15.5 Å². The molecule has 1 aromatic rings. The largest absolute Gasteiger partial charge is 0.394 e. The van der Waals surface area contributed by atoms with Crippen LogP contribution < -0.4 is 0 Å². The highest BCUT2D eigenvalue weighted by Crippen LogP contribution is 2.07. The third kappa shape index (κ3) is 3.17. The molecule has 14 heavy (non-hydrogen) atoms. The number of rotatable bonds is 4. The van der Waals surface area contributed by atoms with Gasteiger partial charge in [-0.3, -0.25) is 0 Å². The van der Waals surface area contributed by atoms with Crippen molar-refractivity contribution in [3.05, 3.63) is 35.4 Å². The maximum atomic E-state index is 9.12. The lowest BCUT2D eigenvalue weighted by atomic mass is 10.1. The van der Waals surface area contributed by atoms with Crippen molar-refractivity contribution < 1.29 is 10.2 Å². The van der Waals surface area contributed by atoms with Gasteiger partial charge in [-0.15, -0.1) is 0 Å². The van der Waals surface area contributed by atoms with E-state index in [0.29, 0.717) is 18.4 Å². The number of nitriles is 1. The van der Waals surface area contributed by atoms with Crippen LogP contribution in [0.3, 0.4) is 0 Å². The molecule has 0 bridgehead atoms. The van der Waals surface area contributed by atoms with Gasteiger partial charge in [0, 0.05) is 0 Å². The fourth-order valence-electron chi connectivity index (χ4n) is 1.17. The highest BCUT2D eigenvalue weighted by Gasteiger charge is 2.02. The second-order valence-electron chi connectivity index (χ2n) is 3.18. The maximum absolute atomic E-state index is 9.12. The summed E-state index contributed by atoms with van der Waals surface area (Å²) >= 11 is 0. The van der Waals surface area contributed by atoms with Crippen LogP contribution in [0, 0.1) is 11.3 Å². The summed E-state index contributed by atoms with van der Waals surface area (Å²) in [7, 11) is 0. The number of hydrogen-bond acceptors (Lipinski definition) is 3. The lowest BCUT2D eigenvalue weighted by Gasteiger charge is -2.06. The Morgan fingerprint density at radius 1 is 1.29 bits per heavy atom. The Morgan fingerprint density at radius 3 is 2.43 bits per heavy atom. The van der Waals surface area contributed by atoms with Crippen LogP contribution in [0.1, 0.15) is 17.5 Å². The molecule has 0 amide bonds. The number of aryl methyl sites for hydroxylation is 1. The molecule has 0 saturated carbocycles. The van der Waals surface area contributed by atoms with Gasteiger partial charge in [0.1, 0.15) is 0 Å². The average molecular weight is 191 g/mol. The molecule has 0 spiro atoms. The fourth-order valence-corrected chi connectivity index (χ4v) is 1.17. The van der Waals surface area contributed by atoms with Crippen molar-refractivity contribution in [2.24, 2.45) is 0 Å². The molecule has 0 saturated heterocycles. The van der Waals surface area contributed by atoms with Gasteiger partial charge in [0.05, 0.1) is 24.3 Å². The zero-order valence-electron chi connectivity index (χ0n) is 7.85. The van der Waals surface area contributed by atoms with Gasteiger partial charge >= 0.3 is 0 Å². The number of benzene rings is 1. The summed E-state index contributed by atoms with van der Waals surface area (Å²) in [6, 6.07) is 9.27. The maximum Gasteiger partial charge on any atom is 0.0991 e. The van der Waals surface area contributed by atoms with Gasteiger partial charge in [0.25, 0.3) is 0 Å². The molecule has 0 radical (unpaired) electrons. The Balaban J connectivity index is 2.49. The first kappa shape index (κ1) is 10.7. The summed E-state index contributed by atoms with van der Waals surface area (Å²) in [4.78, 5) is 0. The highest BCUT2D eigenvalue weighted by atomic mass is 16.3. The Kier molecular flexibility index (Phi) is 4.11. The Bertz CT molecular complexity index is 313. The van der Waals surface area contributed by atoms with E-state index in [1.165, 1.54) is 0 Å². The molecule has 0 aliphatic rings. The molecule has 1 aromatic carbocycles. The molecule has 74 valence electrons. The van der Waals surface area contributed by atoms with Crippen molar-refractivity contribution in [3.63, 3.8) is 0 Å². The number of nitrogens with zero attached hydrogens (tertiary/aromatic N) is 1. The van der Waals surface area contributed by atoms with Crippen molar-refractivity contribution in [2.45, 2.75) is 18.9 Å². The van der Waals surface area contributed by atoms with Crippen LogP contribution in [0.2, 0.25) is 0 Å². The van der Waals surface area contributed by atoms with Gasteiger partial charge in [-0.2, -0.15) is 5.26 Å². The number of hydrogen-bond donors (Lipinski definition) is 2. The van der Waals surface area contributed by atoms with Crippen LogP contribution in [-0.2, 0) is 6.42 Å². The van der Waals surface area contributed by atoms with Crippen molar-refractivity contribution in [1.29, 1.82) is 5.26 Å². The van der Waals surface area contributed by atoms with Gasteiger partial charge in [-0.25, -0.2) is 0 Å². The summed E-state index contributed by atoms with van der Waals surface area (Å²) in [5, 5.41) is 26.3. The van der Waals surface area contributed by atoms with Gasteiger partial charge in [-0.05, 0) is 30.5 Å². The summed E-state index contributed by atoms with van der Waals surface area (Å²) < 4.78 is 0. The normalized spacial score (nSPS) is 12.1. The van der Waals surface area contributed by atoms with E-state index >= 15 is 0 Å². The first-order valence-electron chi connectivity index (χ1n) is 4.54. The first-order valence-corrected chi connectivity index (χ1v) is 4.54. The van der Waals surface area contributed by atoms with E-state index in [-0.39, 0.29) is 6.61 Å². The SMILES string of the molecule is N#Cc1ccc(CCC(O)CO)cc1. The molecule has 0 aliphatic carbocycles. The molecule has 3 nitrogen and oxygen atoms in total. The smallest absolute Gasteiger partial charge is 0.0991 e. The van der Waals surface area contributed by atoms with Crippen molar-refractivity contribution in [3.8, 4) is 6.07 Å². The van der Waals surface area contributed by atoms with Gasteiger partial charge < -0.3 is 10.2 Å². The zero-order chi connectivity index (χ0) is 10.4. The second-order valence-corrected chi connectivity index (χ2v) is 3.18. The van der Waals surface area contributed by atoms with E-state index in [9.17, 15) is 0 Å². The third-order valence-corrected chi connectivity index (χ3v) is 2.06. The van der Waals surface area contributed by atoms with Crippen molar-refractivity contribution >= 4 is 0 Å². The standard InChI is InChI=1S/C11H13NO2/c12-7-10-3-1-9(2-4-10)5-6-11(14)8-13/h1-4,11,13-14H,5-6,8H2. The van der Waals surface area contributed by atoms with Crippen LogP contribution in [0.5, 0.6) is 0 Å². The van der Waals surface area contributed by atoms with Crippen LogP contribution in [0.4, 0.5) is 0 Å². The molecule has 3 heteroatoms. The summed E-state index contributed by atoms with van der Waals surface area (Å²) in [5.41, 5.74) is 1.70. The minimum Gasteiger partial charge on any atom is -0.394 e. The Hall–Kier alpha value is -1.37. The van der Waals surface area contributed by atoms with Crippen molar-refractivity contribution in [2.75, 3.05) is 6.61 Å². The predicted octanol–water partition coefficient (Wildman–Crippen LogP) is 0.844. The molecular formula is C11H13NO2. The minimum atomic E-state index is -0.648. The Morgan fingerprint density at radius 2 is 1.93 bits per heavy atom. The lowest BCUT2D eigenvalue weighted by Crippen LogP contribution is -2.12. The van der Waals surface area contributed by atoms with E-state index in [1.54, 1.807) is 12.1 Å². The monoisotopic (exact) mass is 191 g/mol. The zero-order valence-corrected chi connectivity index (χ0v) is 7.85. The molecule has 1 rings (SSSR count). The van der Waals surface area contributed by atoms with Crippen molar-refractivity contribution in [1.82, 2.24) is 0 Å². The van der Waals surface area contributed by atoms with E-state index < -0.39 is 6.10 Å². The van der Waals surface area contributed by atoms with Crippen LogP contribution in [0.25, 0.3) is 0 Å². The van der Waals surface area contributed by atoms with E-state index in [1.807, 2.05) is 18.2 Å². The average Bonchev–Trinajstić information content (AvgIpc) is 2.26. The predicted molar refractivity (Wildman–Crippen MR) is 52.6 cm³/mol. The molecule has 2 N–H and O–H groups in total. The minimum absolute atomic E-state index is 0.198. The molecule has 0 aliphatic heterocycles. The number of aliphatic hydroxyl groups is 2.